The molecular formula is C28H32O6. The second-order valence-electron chi connectivity index (χ2n) is 10.1. The van der Waals surface area contributed by atoms with Gasteiger partial charge >= 0.3 is 5.97 Å². The van der Waals surface area contributed by atoms with Gasteiger partial charge in [-0.15, -0.1) is 0 Å². The molecule has 0 spiro atoms. The molecule has 4 bridgehead atoms. The number of hydrogen-bond donors (Lipinski definition) is 0. The molecular weight excluding hydrogens is 432 g/mol. The monoisotopic (exact) mass is 464 g/mol. The molecule has 0 aliphatic heterocycles. The van der Waals surface area contributed by atoms with E-state index in [9.17, 15) is 9.59 Å². The molecule has 0 atom stereocenters. The molecule has 0 N–H and O–H groups in total. The first-order valence-electron chi connectivity index (χ1n) is 12.2. The van der Waals surface area contributed by atoms with Crippen molar-refractivity contribution in [3.8, 4) is 11.5 Å². The molecule has 0 aromatic heterocycles. The van der Waals surface area contributed by atoms with E-state index in [1.54, 1.807) is 37.4 Å². The fraction of sp³-hybridized carbons (Fsp3) is 0.500. The third-order valence-corrected chi connectivity index (χ3v) is 7.78. The van der Waals surface area contributed by atoms with Crippen LogP contribution in [0.25, 0.3) is 0 Å². The molecule has 0 heterocycles. The lowest BCUT2D eigenvalue weighted by Crippen LogP contribution is -2.48. The molecule has 6 nitrogen and oxygen atoms in total. The molecule has 0 saturated heterocycles. The van der Waals surface area contributed by atoms with E-state index >= 15 is 0 Å². The van der Waals surface area contributed by atoms with Gasteiger partial charge in [-0.2, -0.15) is 0 Å². The summed E-state index contributed by atoms with van der Waals surface area (Å²) in [5.41, 5.74) is 2.22. The van der Waals surface area contributed by atoms with Crippen LogP contribution in [0.5, 0.6) is 11.5 Å². The van der Waals surface area contributed by atoms with Gasteiger partial charge in [0.05, 0.1) is 18.8 Å². The molecule has 2 aromatic rings. The standard InChI is InChI=1S/C28H32O6/c1-31-8-9-32-18-33-26-7-4-23(27(30)34-24-5-2-19(17-29)3-6-24)13-25(26)28-14-20-10-21(15-28)12-22(11-20)16-28/h2-7,13,17,20-22H,8-12,14-16,18H2,1H3. The topological polar surface area (TPSA) is 71.1 Å². The van der Waals surface area contributed by atoms with Crippen LogP contribution in [0, 0.1) is 17.8 Å². The number of rotatable bonds is 10. The average molecular weight is 465 g/mol. The van der Waals surface area contributed by atoms with E-state index in [0.29, 0.717) is 30.1 Å². The first kappa shape index (κ1) is 23.1. The predicted octanol–water partition coefficient (Wildman–Crippen LogP) is 5.19. The maximum atomic E-state index is 13.0. The lowest BCUT2D eigenvalue weighted by atomic mass is 9.48. The van der Waals surface area contributed by atoms with Crippen LogP contribution in [-0.4, -0.2) is 39.4 Å². The lowest BCUT2D eigenvalue weighted by Gasteiger charge is -2.57. The van der Waals surface area contributed by atoms with Crippen molar-refractivity contribution < 1.29 is 28.5 Å². The van der Waals surface area contributed by atoms with Gasteiger partial charge in [-0.05, 0) is 104 Å². The Hall–Kier alpha value is -2.70. The van der Waals surface area contributed by atoms with Gasteiger partial charge in [0.15, 0.2) is 6.79 Å². The fourth-order valence-corrected chi connectivity index (χ4v) is 6.72. The number of methoxy groups -OCH3 is 1. The molecule has 0 unspecified atom stereocenters. The Balaban J connectivity index is 1.40. The molecule has 34 heavy (non-hydrogen) atoms. The van der Waals surface area contributed by atoms with Crippen LogP contribution in [-0.2, 0) is 14.9 Å². The summed E-state index contributed by atoms with van der Waals surface area (Å²) in [4.78, 5) is 23.9. The second kappa shape index (κ2) is 9.88. The number of ether oxygens (including phenoxy) is 4. The van der Waals surface area contributed by atoms with Crippen molar-refractivity contribution in [2.24, 2.45) is 17.8 Å². The molecule has 4 aliphatic rings. The Kier molecular flexibility index (Phi) is 6.70. The summed E-state index contributed by atoms with van der Waals surface area (Å²) < 4.78 is 22.3. The molecule has 4 fully saturated rings. The third-order valence-electron chi connectivity index (χ3n) is 7.78. The SMILES string of the molecule is COCCOCOc1ccc(C(=O)Oc2ccc(C=O)cc2)cc1C12CC3CC(CC(C3)C1)C2. The molecule has 6 heteroatoms. The van der Waals surface area contributed by atoms with Gasteiger partial charge in [-0.1, -0.05) is 0 Å². The smallest absolute Gasteiger partial charge is 0.343 e. The largest absolute Gasteiger partial charge is 0.467 e. The molecule has 6 rings (SSSR count). The van der Waals surface area contributed by atoms with E-state index in [4.69, 9.17) is 18.9 Å². The molecule has 0 radical (unpaired) electrons. The zero-order chi connectivity index (χ0) is 23.5. The van der Waals surface area contributed by atoms with Gasteiger partial charge in [0.25, 0.3) is 0 Å². The Morgan fingerprint density at radius 3 is 2.26 bits per heavy atom. The minimum absolute atomic E-state index is 0.0541. The number of hydrogen-bond acceptors (Lipinski definition) is 6. The van der Waals surface area contributed by atoms with Crippen molar-refractivity contribution in [3.05, 3.63) is 59.2 Å². The van der Waals surface area contributed by atoms with Crippen LogP contribution >= 0.6 is 0 Å². The Morgan fingerprint density at radius 2 is 1.65 bits per heavy atom. The molecule has 0 amide bonds. The summed E-state index contributed by atoms with van der Waals surface area (Å²) in [6.07, 6.45) is 8.26. The quantitative estimate of drug-likeness (QED) is 0.159. The lowest BCUT2D eigenvalue weighted by molar-refractivity contribution is -0.0189. The first-order valence-corrected chi connectivity index (χ1v) is 12.2. The highest BCUT2D eigenvalue weighted by Crippen LogP contribution is 2.62. The van der Waals surface area contributed by atoms with E-state index in [2.05, 4.69) is 0 Å². The fourth-order valence-electron chi connectivity index (χ4n) is 6.72. The minimum Gasteiger partial charge on any atom is -0.467 e. The Bertz CT molecular complexity index is 992. The zero-order valence-electron chi connectivity index (χ0n) is 19.7. The van der Waals surface area contributed by atoms with Gasteiger partial charge in [0.2, 0.25) is 0 Å². The van der Waals surface area contributed by atoms with E-state index < -0.39 is 5.97 Å². The highest BCUT2D eigenvalue weighted by Gasteiger charge is 2.52. The number of esters is 1. The maximum absolute atomic E-state index is 13.0. The number of aldehydes is 1. The van der Waals surface area contributed by atoms with E-state index in [0.717, 1.165) is 54.6 Å². The van der Waals surface area contributed by atoms with Gasteiger partial charge < -0.3 is 18.9 Å². The second-order valence-corrected chi connectivity index (χ2v) is 10.1. The van der Waals surface area contributed by atoms with Crippen LogP contribution < -0.4 is 9.47 Å². The zero-order valence-corrected chi connectivity index (χ0v) is 19.7. The maximum Gasteiger partial charge on any atom is 0.343 e. The van der Waals surface area contributed by atoms with E-state index in [-0.39, 0.29) is 12.2 Å². The molecule has 2 aromatic carbocycles. The summed E-state index contributed by atoms with van der Waals surface area (Å²) in [5.74, 6) is 3.11. The van der Waals surface area contributed by atoms with Crippen molar-refractivity contribution in [1.82, 2.24) is 0 Å². The number of carbonyl (C=O) groups excluding carboxylic acids is 2. The van der Waals surface area contributed by atoms with Gasteiger partial charge in [-0.25, -0.2) is 4.79 Å². The predicted molar refractivity (Wildman–Crippen MR) is 126 cm³/mol. The minimum atomic E-state index is -0.410. The van der Waals surface area contributed by atoms with E-state index in [1.165, 1.54) is 19.3 Å². The van der Waals surface area contributed by atoms with Crippen LogP contribution in [0.3, 0.4) is 0 Å². The molecule has 4 saturated carbocycles. The number of benzene rings is 2. The Morgan fingerprint density at radius 1 is 0.971 bits per heavy atom. The Labute approximate surface area is 200 Å². The molecule has 180 valence electrons. The van der Waals surface area contributed by atoms with Crippen LogP contribution in [0.15, 0.2) is 42.5 Å². The normalized spacial score (nSPS) is 26.9. The van der Waals surface area contributed by atoms with Gasteiger partial charge in [0, 0.05) is 18.2 Å². The van der Waals surface area contributed by atoms with Crippen LogP contribution in [0.1, 0.15) is 64.8 Å². The summed E-state index contributed by atoms with van der Waals surface area (Å²) in [5, 5.41) is 0. The summed E-state index contributed by atoms with van der Waals surface area (Å²) in [6, 6.07) is 12.2. The van der Waals surface area contributed by atoms with Crippen molar-refractivity contribution in [2.75, 3.05) is 27.1 Å². The van der Waals surface area contributed by atoms with Gasteiger partial charge in [0.1, 0.15) is 17.8 Å². The van der Waals surface area contributed by atoms with Crippen molar-refractivity contribution in [3.63, 3.8) is 0 Å². The first-order chi connectivity index (χ1) is 16.6. The van der Waals surface area contributed by atoms with Crippen molar-refractivity contribution in [2.45, 2.75) is 43.9 Å². The van der Waals surface area contributed by atoms with Gasteiger partial charge in [-0.3, -0.25) is 4.79 Å². The summed E-state index contributed by atoms with van der Waals surface area (Å²) >= 11 is 0. The summed E-state index contributed by atoms with van der Waals surface area (Å²) in [6.45, 7) is 1.13. The average Bonchev–Trinajstić information content (AvgIpc) is 2.83. The molecule has 4 aliphatic carbocycles. The van der Waals surface area contributed by atoms with Crippen molar-refractivity contribution in [1.29, 1.82) is 0 Å². The van der Waals surface area contributed by atoms with E-state index in [1.807, 2.05) is 12.1 Å². The summed E-state index contributed by atoms with van der Waals surface area (Å²) in [7, 11) is 1.64. The van der Waals surface area contributed by atoms with Crippen LogP contribution in [0.4, 0.5) is 0 Å². The third kappa shape index (κ3) is 4.75. The number of carbonyl (C=O) groups is 2. The highest BCUT2D eigenvalue weighted by atomic mass is 16.7. The van der Waals surface area contributed by atoms with Crippen LogP contribution in [0.2, 0.25) is 0 Å². The van der Waals surface area contributed by atoms with Crippen molar-refractivity contribution >= 4 is 12.3 Å². The highest BCUT2D eigenvalue weighted by molar-refractivity contribution is 5.91.